The van der Waals surface area contributed by atoms with Crippen molar-refractivity contribution in [3.8, 4) is 0 Å². The summed E-state index contributed by atoms with van der Waals surface area (Å²) in [5.74, 6) is 1.02. The van der Waals surface area contributed by atoms with E-state index in [2.05, 4.69) is 21.5 Å². The summed E-state index contributed by atoms with van der Waals surface area (Å²) in [5, 5.41) is 7.80. The predicted octanol–water partition coefficient (Wildman–Crippen LogP) is 2.86. The van der Waals surface area contributed by atoms with Gasteiger partial charge in [0.2, 0.25) is 11.8 Å². The van der Waals surface area contributed by atoms with Crippen molar-refractivity contribution in [2.24, 2.45) is 0 Å². The molecule has 0 bridgehead atoms. The van der Waals surface area contributed by atoms with Crippen LogP contribution in [-0.4, -0.2) is 39.9 Å². The molecule has 0 aliphatic carbocycles. The van der Waals surface area contributed by atoms with Crippen molar-refractivity contribution in [2.75, 3.05) is 13.1 Å². The molecule has 0 radical (unpaired) electrons. The highest BCUT2D eigenvalue weighted by Gasteiger charge is 2.31. The normalized spacial score (nSPS) is 16.8. The van der Waals surface area contributed by atoms with Crippen LogP contribution in [0.4, 0.5) is 0 Å². The highest BCUT2D eigenvalue weighted by atomic mass is 32.1. The summed E-state index contributed by atoms with van der Waals surface area (Å²) in [7, 11) is 0. The van der Waals surface area contributed by atoms with Gasteiger partial charge in [0.25, 0.3) is 5.91 Å². The van der Waals surface area contributed by atoms with E-state index in [-0.39, 0.29) is 24.3 Å². The number of rotatable bonds is 4. The van der Waals surface area contributed by atoms with Crippen LogP contribution in [0.3, 0.4) is 0 Å². The highest BCUT2D eigenvalue weighted by molar-refractivity contribution is 7.21. The van der Waals surface area contributed by atoms with Crippen molar-refractivity contribution in [3.63, 3.8) is 0 Å². The van der Waals surface area contributed by atoms with E-state index in [1.54, 1.807) is 13.8 Å². The standard InChI is InChI=1S/C19H20N4O3S/c1-11-21-16(22-26-11)9-20-19(25)18-17(13-7-8-23(10-13)12(2)24)14-5-3-4-6-15(14)27-18/h3-6,13H,7-10H2,1-2H3,(H,20,25)/t13-/m1/s1. The van der Waals surface area contributed by atoms with Gasteiger partial charge in [-0.1, -0.05) is 23.4 Å². The average molecular weight is 384 g/mol. The third-order valence-corrected chi connectivity index (χ3v) is 6.04. The molecule has 1 atom stereocenters. The Balaban J connectivity index is 1.63. The quantitative estimate of drug-likeness (QED) is 0.747. The predicted molar refractivity (Wildman–Crippen MR) is 102 cm³/mol. The lowest BCUT2D eigenvalue weighted by molar-refractivity contribution is -0.127. The number of nitrogens with zero attached hydrogens (tertiary/aromatic N) is 3. The minimum absolute atomic E-state index is 0.0792. The smallest absolute Gasteiger partial charge is 0.262 e. The zero-order chi connectivity index (χ0) is 19.0. The number of fused-ring (bicyclic) bond motifs is 1. The van der Waals surface area contributed by atoms with Gasteiger partial charge in [0.05, 0.1) is 11.4 Å². The van der Waals surface area contributed by atoms with E-state index in [1.807, 2.05) is 23.1 Å². The fraction of sp³-hybridized carbons (Fsp3) is 0.368. The summed E-state index contributed by atoms with van der Waals surface area (Å²) >= 11 is 1.49. The Morgan fingerprint density at radius 2 is 2.19 bits per heavy atom. The summed E-state index contributed by atoms with van der Waals surface area (Å²) in [4.78, 5) is 31.3. The maximum absolute atomic E-state index is 12.9. The topological polar surface area (TPSA) is 88.3 Å². The first-order chi connectivity index (χ1) is 13.0. The van der Waals surface area contributed by atoms with E-state index in [0.29, 0.717) is 23.1 Å². The highest BCUT2D eigenvalue weighted by Crippen LogP contribution is 2.40. The lowest BCUT2D eigenvalue weighted by Crippen LogP contribution is -2.26. The molecule has 1 aliphatic rings. The molecule has 2 aromatic heterocycles. The molecule has 1 fully saturated rings. The number of hydrogen-bond donors (Lipinski definition) is 1. The van der Waals surface area contributed by atoms with Crippen LogP contribution in [-0.2, 0) is 11.3 Å². The number of carbonyl (C=O) groups excluding carboxylic acids is 2. The van der Waals surface area contributed by atoms with Crippen LogP contribution >= 0.6 is 11.3 Å². The van der Waals surface area contributed by atoms with Gasteiger partial charge in [0, 0.05) is 37.6 Å². The van der Waals surface area contributed by atoms with E-state index < -0.39 is 0 Å². The molecule has 1 saturated heterocycles. The monoisotopic (exact) mass is 384 g/mol. The average Bonchev–Trinajstić information content (AvgIpc) is 3.36. The first-order valence-electron chi connectivity index (χ1n) is 8.87. The van der Waals surface area contributed by atoms with Crippen molar-refractivity contribution < 1.29 is 14.1 Å². The van der Waals surface area contributed by atoms with Gasteiger partial charge in [0.15, 0.2) is 5.82 Å². The van der Waals surface area contributed by atoms with Gasteiger partial charge in [-0.05, 0) is 23.4 Å². The molecule has 4 rings (SSSR count). The van der Waals surface area contributed by atoms with Gasteiger partial charge in [-0.15, -0.1) is 11.3 Å². The maximum atomic E-state index is 12.9. The molecule has 0 spiro atoms. The number of likely N-dealkylation sites (tertiary alicyclic amines) is 1. The minimum atomic E-state index is -0.144. The van der Waals surface area contributed by atoms with Gasteiger partial charge in [0.1, 0.15) is 0 Å². The number of amides is 2. The summed E-state index contributed by atoms with van der Waals surface area (Å²) in [5.41, 5.74) is 1.04. The second kappa shape index (κ2) is 7.11. The first kappa shape index (κ1) is 17.7. The lowest BCUT2D eigenvalue weighted by Gasteiger charge is -2.15. The summed E-state index contributed by atoms with van der Waals surface area (Å²) in [6.45, 7) is 4.90. The van der Waals surface area contributed by atoms with Crippen molar-refractivity contribution in [1.29, 1.82) is 0 Å². The van der Waals surface area contributed by atoms with Gasteiger partial charge in [-0.3, -0.25) is 9.59 Å². The van der Waals surface area contributed by atoms with Crippen LogP contribution in [0.2, 0.25) is 0 Å². The van der Waals surface area contributed by atoms with Crippen molar-refractivity contribution >= 4 is 33.2 Å². The van der Waals surface area contributed by atoms with Crippen LogP contribution < -0.4 is 5.32 Å². The Hall–Kier alpha value is -2.74. The molecule has 1 aromatic carbocycles. The van der Waals surface area contributed by atoms with Crippen LogP contribution in [0.25, 0.3) is 10.1 Å². The van der Waals surface area contributed by atoms with Gasteiger partial charge >= 0.3 is 0 Å². The van der Waals surface area contributed by atoms with Crippen molar-refractivity contribution in [2.45, 2.75) is 32.7 Å². The van der Waals surface area contributed by atoms with Gasteiger partial charge in [-0.25, -0.2) is 0 Å². The Kier molecular flexibility index (Phi) is 4.65. The summed E-state index contributed by atoms with van der Waals surface area (Å²) in [6, 6.07) is 8.04. The number of thiophene rings is 1. The van der Waals surface area contributed by atoms with Crippen LogP contribution in [0.1, 0.15) is 46.2 Å². The summed E-state index contributed by atoms with van der Waals surface area (Å²) in [6.07, 6.45) is 0.866. The minimum Gasteiger partial charge on any atom is -0.344 e. The second-order valence-corrected chi connectivity index (χ2v) is 7.76. The number of benzene rings is 1. The molecule has 8 heteroatoms. The SMILES string of the molecule is CC(=O)N1CC[C@@H](c2c(C(=O)NCc3noc(C)n3)sc3ccccc23)C1. The molecule has 1 N–H and O–H groups in total. The lowest BCUT2D eigenvalue weighted by atomic mass is 9.95. The zero-order valence-electron chi connectivity index (χ0n) is 15.2. The first-order valence-corrected chi connectivity index (χ1v) is 9.69. The fourth-order valence-corrected chi connectivity index (χ4v) is 4.78. The van der Waals surface area contributed by atoms with Crippen molar-refractivity contribution in [1.82, 2.24) is 20.4 Å². The third kappa shape index (κ3) is 3.44. The zero-order valence-corrected chi connectivity index (χ0v) is 16.0. The molecule has 3 heterocycles. The Morgan fingerprint density at radius 1 is 1.37 bits per heavy atom. The molecule has 140 valence electrons. The molecule has 3 aromatic rings. The number of aromatic nitrogens is 2. The van der Waals surface area contributed by atoms with E-state index >= 15 is 0 Å². The molecule has 1 aliphatic heterocycles. The number of nitrogens with one attached hydrogen (secondary N) is 1. The maximum Gasteiger partial charge on any atom is 0.262 e. The van der Waals surface area contributed by atoms with Crippen LogP contribution in [0.15, 0.2) is 28.8 Å². The number of carbonyl (C=O) groups is 2. The molecule has 7 nitrogen and oxygen atoms in total. The second-order valence-electron chi connectivity index (χ2n) is 6.70. The van der Waals surface area contributed by atoms with Gasteiger partial charge in [-0.2, -0.15) is 4.98 Å². The van der Waals surface area contributed by atoms with E-state index in [4.69, 9.17) is 4.52 Å². The Labute approximate surface area is 160 Å². The van der Waals surface area contributed by atoms with Crippen LogP contribution in [0, 0.1) is 6.92 Å². The Morgan fingerprint density at radius 3 is 2.89 bits per heavy atom. The number of hydrogen-bond acceptors (Lipinski definition) is 6. The molecule has 2 amide bonds. The molecule has 27 heavy (non-hydrogen) atoms. The van der Waals surface area contributed by atoms with E-state index in [9.17, 15) is 9.59 Å². The van der Waals surface area contributed by atoms with E-state index in [0.717, 1.165) is 28.6 Å². The van der Waals surface area contributed by atoms with Crippen molar-refractivity contribution in [3.05, 3.63) is 46.4 Å². The summed E-state index contributed by atoms with van der Waals surface area (Å²) < 4.78 is 6.02. The third-order valence-electron chi connectivity index (χ3n) is 4.86. The van der Waals surface area contributed by atoms with E-state index in [1.165, 1.54) is 11.3 Å². The molecular formula is C19H20N4O3S. The Bertz CT molecular complexity index is 1010. The number of aryl methyl sites for hydroxylation is 1. The van der Waals surface area contributed by atoms with Gasteiger partial charge < -0.3 is 14.7 Å². The van der Waals surface area contributed by atoms with Crippen LogP contribution in [0.5, 0.6) is 0 Å². The largest absolute Gasteiger partial charge is 0.344 e. The fourth-order valence-electron chi connectivity index (χ4n) is 3.57. The molecule has 0 saturated carbocycles. The molecular weight excluding hydrogens is 364 g/mol. The molecule has 0 unspecified atom stereocenters.